The van der Waals surface area contributed by atoms with Crippen molar-refractivity contribution in [1.29, 1.82) is 0 Å². The Morgan fingerprint density at radius 1 is 1.33 bits per heavy atom. The highest BCUT2D eigenvalue weighted by Crippen LogP contribution is 2.28. The Bertz CT molecular complexity index is 312. The first-order valence-electron chi connectivity index (χ1n) is 5.38. The molecule has 0 radical (unpaired) electrons. The number of hydrogen-bond donors (Lipinski definition) is 1. The normalized spacial score (nSPS) is 14.6. The zero-order valence-electron chi connectivity index (χ0n) is 10.2. The third kappa shape index (κ3) is 3.30. The molecular weight excluding hydrogens is 190 g/mol. The van der Waals surface area contributed by atoms with Gasteiger partial charge in [-0.2, -0.15) is 4.98 Å². The van der Waals surface area contributed by atoms with Crippen molar-refractivity contribution < 1.29 is 4.52 Å². The topological polar surface area (TPSA) is 64.9 Å². The predicted octanol–water partition coefficient (Wildman–Crippen LogP) is 2.31. The van der Waals surface area contributed by atoms with Gasteiger partial charge in [0, 0.05) is 6.42 Å². The lowest BCUT2D eigenvalue weighted by atomic mass is 9.87. The molecule has 0 saturated carbocycles. The summed E-state index contributed by atoms with van der Waals surface area (Å²) < 4.78 is 5.15. The van der Waals surface area contributed by atoms with Crippen LogP contribution in [-0.4, -0.2) is 10.1 Å². The van der Waals surface area contributed by atoms with Crippen LogP contribution < -0.4 is 5.73 Å². The molecule has 0 amide bonds. The van der Waals surface area contributed by atoms with Crippen molar-refractivity contribution in [2.75, 3.05) is 0 Å². The first kappa shape index (κ1) is 12.2. The number of rotatable bonds is 3. The molecule has 0 spiro atoms. The van der Waals surface area contributed by atoms with Crippen molar-refractivity contribution in [2.45, 2.75) is 47.1 Å². The summed E-state index contributed by atoms with van der Waals surface area (Å²) in [6.45, 7) is 10.4. The molecule has 0 bridgehead atoms. The van der Waals surface area contributed by atoms with Gasteiger partial charge in [-0.25, -0.2) is 0 Å². The smallest absolute Gasteiger partial charge is 0.226 e. The van der Waals surface area contributed by atoms with Crippen LogP contribution >= 0.6 is 0 Å². The Balaban J connectivity index is 2.76. The maximum absolute atomic E-state index is 6.03. The van der Waals surface area contributed by atoms with Gasteiger partial charge in [-0.05, 0) is 11.3 Å². The molecule has 0 aliphatic rings. The molecule has 0 aromatic carbocycles. The second kappa shape index (κ2) is 4.31. The van der Waals surface area contributed by atoms with Crippen molar-refractivity contribution in [2.24, 2.45) is 17.1 Å². The van der Waals surface area contributed by atoms with Crippen molar-refractivity contribution in [3.05, 3.63) is 11.7 Å². The van der Waals surface area contributed by atoms with Crippen LogP contribution in [0.2, 0.25) is 0 Å². The van der Waals surface area contributed by atoms with E-state index in [4.69, 9.17) is 10.3 Å². The molecule has 0 aliphatic heterocycles. The molecule has 0 aliphatic carbocycles. The summed E-state index contributed by atoms with van der Waals surface area (Å²) in [7, 11) is 0. The zero-order valence-corrected chi connectivity index (χ0v) is 10.2. The van der Waals surface area contributed by atoms with Gasteiger partial charge in [0.05, 0.1) is 6.04 Å². The monoisotopic (exact) mass is 211 g/mol. The van der Waals surface area contributed by atoms with E-state index in [1.165, 1.54) is 0 Å². The van der Waals surface area contributed by atoms with E-state index in [2.05, 4.69) is 44.8 Å². The molecule has 4 nitrogen and oxygen atoms in total. The molecule has 1 atom stereocenters. The molecule has 1 rings (SSSR count). The zero-order chi connectivity index (χ0) is 11.6. The van der Waals surface area contributed by atoms with Crippen molar-refractivity contribution in [1.82, 2.24) is 10.1 Å². The maximum Gasteiger partial charge on any atom is 0.226 e. The summed E-state index contributed by atoms with van der Waals surface area (Å²) in [6.07, 6.45) is 0.809. The fourth-order valence-corrected chi connectivity index (χ4v) is 1.21. The highest BCUT2D eigenvalue weighted by Gasteiger charge is 2.26. The minimum absolute atomic E-state index is 0.0427. The lowest BCUT2D eigenvalue weighted by Gasteiger charge is -2.23. The number of nitrogens with zero attached hydrogens (tertiary/aromatic N) is 2. The van der Waals surface area contributed by atoms with Gasteiger partial charge in [-0.3, -0.25) is 0 Å². The molecule has 1 heterocycles. The summed E-state index contributed by atoms with van der Waals surface area (Å²) in [5.74, 6) is 1.81. The van der Waals surface area contributed by atoms with E-state index in [0.29, 0.717) is 17.6 Å². The molecule has 1 unspecified atom stereocenters. The summed E-state index contributed by atoms with van der Waals surface area (Å²) in [5, 5.41) is 3.92. The fraction of sp³-hybridized carbons (Fsp3) is 0.818. The van der Waals surface area contributed by atoms with Crippen molar-refractivity contribution >= 4 is 0 Å². The van der Waals surface area contributed by atoms with Gasteiger partial charge in [0.1, 0.15) is 0 Å². The first-order valence-corrected chi connectivity index (χ1v) is 5.38. The highest BCUT2D eigenvalue weighted by atomic mass is 16.5. The average Bonchev–Trinajstić information content (AvgIpc) is 2.48. The first-order chi connectivity index (χ1) is 6.80. The Hall–Kier alpha value is -0.900. The third-order valence-electron chi connectivity index (χ3n) is 2.28. The van der Waals surface area contributed by atoms with Crippen LogP contribution in [0.1, 0.15) is 52.4 Å². The largest absolute Gasteiger partial charge is 0.339 e. The molecule has 0 fully saturated rings. The number of nitrogens with two attached hydrogens (primary N) is 1. The summed E-state index contributed by atoms with van der Waals surface area (Å²) in [4.78, 5) is 4.31. The molecule has 2 N–H and O–H groups in total. The van der Waals surface area contributed by atoms with Gasteiger partial charge in [0.25, 0.3) is 0 Å². The van der Waals surface area contributed by atoms with Gasteiger partial charge < -0.3 is 10.3 Å². The molecule has 1 aromatic rings. The van der Waals surface area contributed by atoms with Crippen LogP contribution in [-0.2, 0) is 6.42 Å². The lowest BCUT2D eigenvalue weighted by molar-refractivity contribution is 0.299. The standard InChI is InChI=1S/C11H21N3O/c1-7(2)6-8-13-10(14-15-8)9(12)11(3,4)5/h7,9H,6,12H2,1-5H3. The second-order valence-electron chi connectivity index (χ2n) is 5.49. The van der Waals surface area contributed by atoms with Crippen LogP contribution in [0.25, 0.3) is 0 Å². The van der Waals surface area contributed by atoms with Gasteiger partial charge in [0.2, 0.25) is 5.89 Å². The summed E-state index contributed by atoms with van der Waals surface area (Å²) in [5.41, 5.74) is 5.99. The maximum atomic E-state index is 6.03. The fourth-order valence-electron chi connectivity index (χ4n) is 1.21. The number of hydrogen-bond acceptors (Lipinski definition) is 4. The van der Waals surface area contributed by atoms with E-state index in [9.17, 15) is 0 Å². The molecule has 4 heteroatoms. The van der Waals surface area contributed by atoms with Gasteiger partial charge >= 0.3 is 0 Å². The molecule has 15 heavy (non-hydrogen) atoms. The van der Waals surface area contributed by atoms with E-state index < -0.39 is 0 Å². The van der Waals surface area contributed by atoms with Crippen LogP contribution in [0.15, 0.2) is 4.52 Å². The van der Waals surface area contributed by atoms with E-state index in [1.54, 1.807) is 0 Å². The predicted molar refractivity (Wildman–Crippen MR) is 59.2 cm³/mol. The minimum atomic E-state index is -0.179. The van der Waals surface area contributed by atoms with Crippen LogP contribution in [0.3, 0.4) is 0 Å². The summed E-state index contributed by atoms with van der Waals surface area (Å²) in [6, 6.07) is -0.179. The molecular formula is C11H21N3O. The van der Waals surface area contributed by atoms with Crippen LogP contribution in [0.5, 0.6) is 0 Å². The van der Waals surface area contributed by atoms with E-state index >= 15 is 0 Å². The van der Waals surface area contributed by atoms with Crippen molar-refractivity contribution in [3.8, 4) is 0 Å². The quantitative estimate of drug-likeness (QED) is 0.833. The molecule has 0 saturated heterocycles. The Morgan fingerprint density at radius 2 is 1.93 bits per heavy atom. The Labute approximate surface area is 91.2 Å². The van der Waals surface area contributed by atoms with Gasteiger partial charge in [0.15, 0.2) is 5.82 Å². The minimum Gasteiger partial charge on any atom is -0.339 e. The van der Waals surface area contributed by atoms with E-state index in [-0.39, 0.29) is 11.5 Å². The van der Waals surface area contributed by atoms with E-state index in [1.807, 2.05) is 0 Å². The average molecular weight is 211 g/mol. The third-order valence-corrected chi connectivity index (χ3v) is 2.28. The SMILES string of the molecule is CC(C)Cc1nc(C(N)C(C)(C)C)no1. The van der Waals surface area contributed by atoms with Crippen molar-refractivity contribution in [3.63, 3.8) is 0 Å². The molecule has 86 valence electrons. The van der Waals surface area contributed by atoms with Gasteiger partial charge in [-0.15, -0.1) is 0 Å². The van der Waals surface area contributed by atoms with Crippen LogP contribution in [0, 0.1) is 11.3 Å². The van der Waals surface area contributed by atoms with Gasteiger partial charge in [-0.1, -0.05) is 39.8 Å². The molecule has 1 aromatic heterocycles. The highest BCUT2D eigenvalue weighted by molar-refractivity contribution is 4.98. The van der Waals surface area contributed by atoms with E-state index in [0.717, 1.165) is 6.42 Å². The lowest BCUT2D eigenvalue weighted by Crippen LogP contribution is -2.27. The Morgan fingerprint density at radius 3 is 2.40 bits per heavy atom. The summed E-state index contributed by atoms with van der Waals surface area (Å²) >= 11 is 0. The second-order valence-corrected chi connectivity index (χ2v) is 5.49. The number of aromatic nitrogens is 2. The Kier molecular flexibility index (Phi) is 3.50. The van der Waals surface area contributed by atoms with Crippen LogP contribution in [0.4, 0.5) is 0 Å².